The van der Waals surface area contributed by atoms with Crippen molar-refractivity contribution in [3.8, 4) is 0 Å². The third kappa shape index (κ3) is 10.7. The van der Waals surface area contributed by atoms with Gasteiger partial charge in [0.2, 0.25) is 0 Å². The maximum absolute atomic E-state index is 12.7. The average molecular weight is 460 g/mol. The van der Waals surface area contributed by atoms with Gasteiger partial charge in [-0.2, -0.15) is 0 Å². The van der Waals surface area contributed by atoms with E-state index in [2.05, 4.69) is 45.5 Å². The van der Waals surface area contributed by atoms with E-state index in [9.17, 15) is 9.59 Å². The number of carbonyl (C=O) groups excluding carboxylic acids is 2. The molecule has 1 fully saturated rings. The van der Waals surface area contributed by atoms with Crippen LogP contribution in [0.5, 0.6) is 0 Å². The summed E-state index contributed by atoms with van der Waals surface area (Å²) in [6.45, 7) is 22.8. The van der Waals surface area contributed by atoms with Crippen molar-refractivity contribution < 1.29 is 23.5 Å². The first-order valence-electron chi connectivity index (χ1n) is 11.2. The minimum atomic E-state index is -0.813. The van der Waals surface area contributed by atoms with Gasteiger partial charge in [-0.3, -0.25) is 5.43 Å². The molecule has 0 aromatic carbocycles. The molecule has 0 aromatic heterocycles. The Morgan fingerprint density at radius 3 is 1.94 bits per heavy atom. The van der Waals surface area contributed by atoms with Crippen LogP contribution in [0.15, 0.2) is 0 Å². The molecule has 2 N–H and O–H groups in total. The molecule has 2 atom stereocenters. The molecule has 0 bridgehead atoms. The monoisotopic (exact) mass is 459 g/mol. The summed E-state index contributed by atoms with van der Waals surface area (Å²) in [5.74, 6) is -0.0430. The quantitative estimate of drug-likeness (QED) is 0.481. The highest BCUT2D eigenvalue weighted by molar-refractivity contribution is 6.31. The van der Waals surface area contributed by atoms with E-state index in [4.69, 9.17) is 13.9 Å². The van der Waals surface area contributed by atoms with Crippen molar-refractivity contribution in [1.82, 2.24) is 15.8 Å². The van der Waals surface area contributed by atoms with E-state index in [1.54, 1.807) is 4.90 Å². The van der Waals surface area contributed by atoms with Crippen LogP contribution in [0, 0.1) is 5.92 Å². The minimum Gasteiger partial charge on any atom is -0.444 e. The zero-order chi connectivity index (χ0) is 24.3. The Hall–Kier alpha value is -1.32. The first kappa shape index (κ1) is 27.7. The summed E-state index contributed by atoms with van der Waals surface area (Å²) in [7, 11) is -0.813. The summed E-state index contributed by atoms with van der Waals surface area (Å²) in [4.78, 5) is 26.6. The molecule has 2 unspecified atom stereocenters. The van der Waals surface area contributed by atoms with E-state index in [0.717, 1.165) is 0 Å². The highest BCUT2D eigenvalue weighted by Gasteiger charge is 2.43. The van der Waals surface area contributed by atoms with Gasteiger partial charge in [-0.05, 0) is 66.8 Å². The topological polar surface area (TPSA) is 89.1 Å². The van der Waals surface area contributed by atoms with E-state index < -0.39 is 32.7 Å². The number of hydrazine groups is 1. The van der Waals surface area contributed by atoms with Crippen molar-refractivity contribution in [3.63, 3.8) is 0 Å². The molecule has 1 rings (SSSR count). The molecule has 1 saturated heterocycles. The van der Waals surface area contributed by atoms with Crippen LogP contribution in [0.4, 0.5) is 9.59 Å². The Morgan fingerprint density at radius 1 is 0.903 bits per heavy atom. The molecule has 0 aliphatic carbocycles. The van der Waals surface area contributed by atoms with Crippen LogP contribution >= 0.6 is 0 Å². The van der Waals surface area contributed by atoms with Crippen LogP contribution in [0.3, 0.4) is 0 Å². The maximum Gasteiger partial charge on any atom is 0.422 e. The highest BCUT2D eigenvalue weighted by atomic mass is 28.2. The molecule has 8 nitrogen and oxygen atoms in total. The van der Waals surface area contributed by atoms with Gasteiger partial charge in [0.1, 0.15) is 11.2 Å². The number of rotatable bonds is 5. The lowest BCUT2D eigenvalue weighted by Gasteiger charge is -2.47. The van der Waals surface area contributed by atoms with Gasteiger partial charge < -0.3 is 18.8 Å². The Kier molecular flexibility index (Phi) is 9.01. The van der Waals surface area contributed by atoms with Crippen LogP contribution in [0.25, 0.3) is 0 Å². The average Bonchev–Trinajstić information content (AvgIpc) is 2.54. The summed E-state index contributed by atoms with van der Waals surface area (Å²) < 4.78 is 17.4. The van der Waals surface area contributed by atoms with E-state index in [1.165, 1.54) is 0 Å². The summed E-state index contributed by atoms with van der Waals surface area (Å²) in [6, 6.07) is -0.0739. The van der Waals surface area contributed by atoms with Crippen molar-refractivity contribution in [2.45, 2.75) is 110 Å². The first-order valence-corrected chi connectivity index (χ1v) is 12.4. The second-order valence-corrected chi connectivity index (χ2v) is 14.9. The fraction of sp³-hybridized carbons (Fsp3) is 0.909. The molecule has 0 saturated carbocycles. The van der Waals surface area contributed by atoms with E-state index in [0.29, 0.717) is 19.5 Å². The number of ether oxygens (including phenoxy) is 2. The molecule has 1 heterocycles. The second-order valence-electron chi connectivity index (χ2n) is 12.2. The fourth-order valence-corrected chi connectivity index (χ4v) is 4.31. The number of piperidine rings is 1. The zero-order valence-corrected chi connectivity index (χ0v) is 22.9. The molecule has 2 amide bonds. The fourth-order valence-electron chi connectivity index (χ4n) is 3.29. The molecule has 0 radical (unpaired) electrons. The predicted molar refractivity (Wildman–Crippen MR) is 126 cm³/mol. The first-order chi connectivity index (χ1) is 13.8. The van der Waals surface area contributed by atoms with Crippen LogP contribution in [-0.4, -0.2) is 62.8 Å². The number of nitrogens with one attached hydrogen (secondary N) is 2. The smallest absolute Gasteiger partial charge is 0.422 e. The normalized spacial score (nSPS) is 21.3. The van der Waals surface area contributed by atoms with Gasteiger partial charge in [0.05, 0.1) is 5.60 Å². The summed E-state index contributed by atoms with van der Waals surface area (Å²) in [5, 5.41) is 0.147. The van der Waals surface area contributed by atoms with Gasteiger partial charge in [-0.25, -0.2) is 15.0 Å². The molecule has 182 valence electrons. The largest absolute Gasteiger partial charge is 0.444 e. The lowest BCUT2D eigenvalue weighted by molar-refractivity contribution is -0.0323. The lowest BCUT2D eigenvalue weighted by atomic mass is 9.80. The Bertz CT molecular complexity index is 620. The van der Waals surface area contributed by atoms with Gasteiger partial charge in [-0.1, -0.05) is 20.8 Å². The van der Waals surface area contributed by atoms with Crippen LogP contribution < -0.4 is 10.9 Å². The van der Waals surface area contributed by atoms with Crippen molar-refractivity contribution in [2.24, 2.45) is 5.92 Å². The molecule has 31 heavy (non-hydrogen) atoms. The van der Waals surface area contributed by atoms with E-state index >= 15 is 0 Å². The third-order valence-corrected chi connectivity index (χ3v) is 6.55. The van der Waals surface area contributed by atoms with Crippen LogP contribution in [0.2, 0.25) is 5.04 Å². The van der Waals surface area contributed by atoms with Gasteiger partial charge >= 0.3 is 12.2 Å². The van der Waals surface area contributed by atoms with Crippen molar-refractivity contribution in [3.05, 3.63) is 0 Å². The molecule has 1 aliphatic rings. The van der Waals surface area contributed by atoms with E-state index in [-0.39, 0.29) is 23.1 Å². The van der Waals surface area contributed by atoms with E-state index in [1.807, 2.05) is 41.5 Å². The molecule has 0 spiro atoms. The van der Waals surface area contributed by atoms with Crippen LogP contribution in [0.1, 0.15) is 82.6 Å². The van der Waals surface area contributed by atoms with Crippen molar-refractivity contribution >= 4 is 21.9 Å². The minimum absolute atomic E-state index is 0.0430. The third-order valence-electron chi connectivity index (χ3n) is 4.79. The van der Waals surface area contributed by atoms with Crippen molar-refractivity contribution in [1.29, 1.82) is 0 Å². The number of likely N-dealkylation sites (tertiary alicyclic amines) is 1. The highest BCUT2D eigenvalue weighted by Crippen LogP contribution is 2.33. The Morgan fingerprint density at radius 2 is 1.45 bits per heavy atom. The zero-order valence-electron chi connectivity index (χ0n) is 21.5. The van der Waals surface area contributed by atoms with Gasteiger partial charge in [0.25, 0.3) is 0 Å². The second kappa shape index (κ2) is 10.1. The van der Waals surface area contributed by atoms with Crippen molar-refractivity contribution in [2.75, 3.05) is 13.1 Å². The summed E-state index contributed by atoms with van der Waals surface area (Å²) >= 11 is 0. The summed E-state index contributed by atoms with van der Waals surface area (Å²) in [5.41, 5.74) is 4.21. The molecule has 0 aromatic rings. The van der Waals surface area contributed by atoms with Gasteiger partial charge in [-0.15, -0.1) is 0 Å². The molecular weight excluding hydrogens is 414 g/mol. The number of hydrogen-bond donors (Lipinski definition) is 2. The number of hydrogen-bond acceptors (Lipinski definition) is 6. The lowest BCUT2D eigenvalue weighted by Crippen LogP contribution is -2.61. The Labute approximate surface area is 191 Å². The number of carbonyl (C=O) groups is 2. The Balaban J connectivity index is 2.94. The number of amides is 2. The molecule has 1 aliphatic heterocycles. The SMILES string of the molecule is CC(C)(C)OC(=O)NNC1CCN(C(=O)OC(C)(C)C)CC1C(C)(C)O[SiH2]C(C)(C)C. The number of nitrogens with zero attached hydrogens (tertiary/aromatic N) is 1. The van der Waals surface area contributed by atoms with Gasteiger partial charge in [0, 0.05) is 25.0 Å². The standard InChI is InChI=1S/C22H45N3O5Si/c1-19(2,3)28-17(26)24-23-16-12-13-25(18(27)29-20(4,5)6)14-15(16)22(10,11)30-31-21(7,8)9/h15-16,23H,12-14,31H2,1-11H3,(H,24,26). The molecule has 9 heteroatoms. The summed E-state index contributed by atoms with van der Waals surface area (Å²) in [6.07, 6.45) is -0.188. The molecular formula is C22H45N3O5Si. The van der Waals surface area contributed by atoms with Gasteiger partial charge in [0.15, 0.2) is 9.76 Å². The maximum atomic E-state index is 12.7. The predicted octanol–water partition coefficient (Wildman–Crippen LogP) is 3.74. The van der Waals surface area contributed by atoms with Crippen LogP contribution in [-0.2, 0) is 13.9 Å².